The van der Waals surface area contributed by atoms with Crippen molar-refractivity contribution in [3.63, 3.8) is 0 Å². The van der Waals surface area contributed by atoms with E-state index in [1.54, 1.807) is 60.7 Å². The van der Waals surface area contributed by atoms with Crippen LogP contribution in [0.3, 0.4) is 0 Å². The second-order valence-corrected chi connectivity index (χ2v) is 9.79. The molecule has 0 saturated carbocycles. The summed E-state index contributed by atoms with van der Waals surface area (Å²) in [5, 5.41) is 5.39. The molecule has 9 nitrogen and oxygen atoms in total. The smallest absolute Gasteiger partial charge is 0.253 e. The number of nitrogens with one attached hydrogen (secondary N) is 2. The lowest BCUT2D eigenvalue weighted by atomic mass is 10.1. The van der Waals surface area contributed by atoms with Crippen LogP contribution in [0.1, 0.15) is 17.3 Å². The number of sulfonamides is 1. The van der Waals surface area contributed by atoms with Crippen molar-refractivity contribution >= 4 is 33.2 Å². The number of benzene rings is 3. The van der Waals surface area contributed by atoms with Gasteiger partial charge in [-0.15, -0.1) is 0 Å². The molecule has 190 valence electrons. The zero-order valence-electron chi connectivity index (χ0n) is 20.3. The fourth-order valence-corrected chi connectivity index (χ4v) is 4.66. The Morgan fingerprint density at radius 1 is 0.917 bits per heavy atom. The van der Waals surface area contributed by atoms with Crippen molar-refractivity contribution in [2.24, 2.45) is 0 Å². The van der Waals surface area contributed by atoms with Gasteiger partial charge in [0.15, 0.2) is 0 Å². The Kier molecular flexibility index (Phi) is 9.04. The average molecular weight is 512 g/mol. The van der Waals surface area contributed by atoms with E-state index in [1.165, 1.54) is 14.0 Å². The molecule has 0 aliphatic heterocycles. The number of para-hydroxylation sites is 2. The maximum absolute atomic E-state index is 13.1. The van der Waals surface area contributed by atoms with Crippen LogP contribution in [0.2, 0.25) is 0 Å². The Morgan fingerprint density at radius 3 is 2.17 bits per heavy atom. The third kappa shape index (κ3) is 7.06. The van der Waals surface area contributed by atoms with Gasteiger partial charge in [0.05, 0.1) is 29.8 Å². The highest BCUT2D eigenvalue weighted by Crippen LogP contribution is 2.27. The first-order valence-electron chi connectivity index (χ1n) is 11.2. The number of nitrogens with zero attached hydrogens (tertiary/aromatic N) is 1. The summed E-state index contributed by atoms with van der Waals surface area (Å²) in [5.41, 5.74) is 0.818. The lowest BCUT2D eigenvalue weighted by Crippen LogP contribution is -2.45. The number of ether oxygens (including phenoxy) is 2. The molecule has 0 radical (unpaired) electrons. The fraction of sp³-hybridized carbons (Fsp3) is 0.231. The third-order valence-corrected chi connectivity index (χ3v) is 6.42. The van der Waals surface area contributed by atoms with Gasteiger partial charge in [-0.3, -0.25) is 13.9 Å². The van der Waals surface area contributed by atoms with Crippen molar-refractivity contribution in [1.29, 1.82) is 0 Å². The van der Waals surface area contributed by atoms with E-state index in [4.69, 9.17) is 9.47 Å². The summed E-state index contributed by atoms with van der Waals surface area (Å²) < 4.78 is 37.1. The topological polar surface area (TPSA) is 114 Å². The average Bonchev–Trinajstić information content (AvgIpc) is 2.85. The Morgan fingerprint density at radius 2 is 1.53 bits per heavy atom. The Labute approximate surface area is 211 Å². The highest BCUT2D eigenvalue weighted by molar-refractivity contribution is 7.92. The minimum atomic E-state index is -3.83. The van der Waals surface area contributed by atoms with E-state index in [9.17, 15) is 18.0 Å². The van der Waals surface area contributed by atoms with E-state index in [-0.39, 0.29) is 17.2 Å². The molecule has 1 atom stereocenters. The first-order chi connectivity index (χ1) is 17.2. The summed E-state index contributed by atoms with van der Waals surface area (Å²) in [4.78, 5) is 25.7. The molecule has 3 aromatic rings. The molecule has 0 unspecified atom stereocenters. The largest absolute Gasteiger partial charge is 0.457 e. The van der Waals surface area contributed by atoms with E-state index in [0.717, 1.165) is 10.6 Å². The maximum Gasteiger partial charge on any atom is 0.253 e. The standard InChI is InChI=1S/C26H29N3O6S/c1-19(25(30)28-24-12-8-7-11-23(24)26(31)27-17-18-34-2)29(36(3,32)33)20-13-15-22(16-14-20)35-21-9-5-4-6-10-21/h4-16,19H,17-18H2,1-3H3,(H,27,31)(H,28,30)/t19-/m1/s1. The zero-order chi connectivity index (χ0) is 26.1. The summed E-state index contributed by atoms with van der Waals surface area (Å²) in [7, 11) is -2.30. The summed E-state index contributed by atoms with van der Waals surface area (Å²) >= 11 is 0. The Balaban J connectivity index is 1.78. The zero-order valence-corrected chi connectivity index (χ0v) is 21.1. The van der Waals surface area contributed by atoms with Crippen molar-refractivity contribution in [2.45, 2.75) is 13.0 Å². The van der Waals surface area contributed by atoms with Gasteiger partial charge in [-0.05, 0) is 55.5 Å². The molecule has 0 bridgehead atoms. The van der Waals surface area contributed by atoms with Crippen LogP contribution in [0.15, 0.2) is 78.9 Å². The van der Waals surface area contributed by atoms with E-state index in [0.29, 0.717) is 30.3 Å². The van der Waals surface area contributed by atoms with Gasteiger partial charge in [-0.25, -0.2) is 8.42 Å². The molecule has 0 aliphatic carbocycles. The summed E-state index contributed by atoms with van der Waals surface area (Å²) in [6.45, 7) is 2.13. The van der Waals surface area contributed by atoms with Gasteiger partial charge in [-0.2, -0.15) is 0 Å². The third-order valence-electron chi connectivity index (χ3n) is 5.18. The van der Waals surface area contributed by atoms with Crippen molar-refractivity contribution < 1.29 is 27.5 Å². The first kappa shape index (κ1) is 26.7. The molecule has 2 amide bonds. The molecule has 0 fully saturated rings. The molecule has 10 heteroatoms. The van der Waals surface area contributed by atoms with Crippen LogP contribution in [-0.4, -0.2) is 52.8 Å². The Bertz CT molecular complexity index is 1280. The van der Waals surface area contributed by atoms with E-state index >= 15 is 0 Å². The van der Waals surface area contributed by atoms with Crippen LogP contribution in [0.4, 0.5) is 11.4 Å². The highest BCUT2D eigenvalue weighted by Gasteiger charge is 2.30. The summed E-state index contributed by atoms with van der Waals surface area (Å²) in [6, 6.07) is 21.0. The van der Waals surface area contributed by atoms with E-state index in [1.807, 2.05) is 18.2 Å². The van der Waals surface area contributed by atoms with E-state index in [2.05, 4.69) is 10.6 Å². The number of amides is 2. The molecule has 0 heterocycles. The van der Waals surface area contributed by atoms with Gasteiger partial charge in [-0.1, -0.05) is 30.3 Å². The van der Waals surface area contributed by atoms with Gasteiger partial charge >= 0.3 is 0 Å². The van der Waals surface area contributed by atoms with Gasteiger partial charge in [0, 0.05) is 13.7 Å². The molecule has 2 N–H and O–H groups in total. The molecule has 3 aromatic carbocycles. The number of hydrogen-bond donors (Lipinski definition) is 2. The fourth-order valence-electron chi connectivity index (χ4n) is 3.48. The van der Waals surface area contributed by atoms with E-state index < -0.39 is 22.0 Å². The molecular formula is C26H29N3O6S. The molecular weight excluding hydrogens is 482 g/mol. The van der Waals surface area contributed by atoms with Crippen LogP contribution in [0.25, 0.3) is 0 Å². The van der Waals surface area contributed by atoms with Crippen LogP contribution < -0.4 is 19.7 Å². The van der Waals surface area contributed by atoms with Crippen LogP contribution in [0, 0.1) is 0 Å². The molecule has 3 rings (SSSR count). The molecule has 0 aromatic heterocycles. The quantitative estimate of drug-likeness (QED) is 0.380. The minimum absolute atomic E-state index is 0.252. The number of rotatable bonds is 11. The predicted molar refractivity (Wildman–Crippen MR) is 139 cm³/mol. The van der Waals surface area contributed by atoms with Gasteiger partial charge in [0.2, 0.25) is 15.9 Å². The number of anilines is 2. The number of hydrogen-bond acceptors (Lipinski definition) is 6. The maximum atomic E-state index is 13.1. The van der Waals surface area contributed by atoms with Crippen LogP contribution in [0.5, 0.6) is 11.5 Å². The van der Waals surface area contributed by atoms with Gasteiger partial charge in [0.1, 0.15) is 17.5 Å². The van der Waals surface area contributed by atoms with Crippen molar-refractivity contribution in [3.05, 3.63) is 84.4 Å². The van der Waals surface area contributed by atoms with Gasteiger partial charge in [0.25, 0.3) is 5.91 Å². The molecule has 0 spiro atoms. The lowest BCUT2D eigenvalue weighted by molar-refractivity contribution is -0.116. The monoisotopic (exact) mass is 511 g/mol. The minimum Gasteiger partial charge on any atom is -0.457 e. The number of carbonyl (C=O) groups is 2. The molecule has 36 heavy (non-hydrogen) atoms. The lowest BCUT2D eigenvalue weighted by Gasteiger charge is -2.28. The van der Waals surface area contributed by atoms with Crippen molar-refractivity contribution in [1.82, 2.24) is 5.32 Å². The van der Waals surface area contributed by atoms with Crippen molar-refractivity contribution in [3.8, 4) is 11.5 Å². The predicted octanol–water partition coefficient (Wildman–Crippen LogP) is 3.65. The number of carbonyl (C=O) groups excluding carboxylic acids is 2. The van der Waals surface area contributed by atoms with Crippen molar-refractivity contribution in [2.75, 3.05) is 36.1 Å². The second kappa shape index (κ2) is 12.2. The van der Waals surface area contributed by atoms with Crippen LogP contribution in [-0.2, 0) is 19.6 Å². The normalized spacial score (nSPS) is 11.9. The second-order valence-electron chi connectivity index (χ2n) is 7.93. The molecule has 0 saturated heterocycles. The van der Waals surface area contributed by atoms with Gasteiger partial charge < -0.3 is 20.1 Å². The summed E-state index contributed by atoms with van der Waals surface area (Å²) in [5.74, 6) is 0.179. The number of methoxy groups -OCH3 is 1. The summed E-state index contributed by atoms with van der Waals surface area (Å²) in [6.07, 6.45) is 1.03. The first-order valence-corrected chi connectivity index (χ1v) is 13.0. The Hall–Kier alpha value is -3.89. The van der Waals surface area contributed by atoms with Crippen LogP contribution >= 0.6 is 0 Å². The molecule has 0 aliphatic rings. The highest BCUT2D eigenvalue weighted by atomic mass is 32.2. The SMILES string of the molecule is COCCNC(=O)c1ccccc1NC(=O)[C@@H](C)N(c1ccc(Oc2ccccc2)cc1)S(C)(=O)=O.